The third-order valence-electron chi connectivity index (χ3n) is 9.29. The van der Waals surface area contributed by atoms with Crippen LogP contribution in [0.2, 0.25) is 0 Å². The molecule has 1 aliphatic heterocycles. The fourth-order valence-electron chi connectivity index (χ4n) is 7.11. The fraction of sp³-hybridized carbons (Fsp3) is 0.0732. The molecule has 1 heterocycles. The third kappa shape index (κ3) is 3.62. The second-order valence-corrected chi connectivity index (χ2v) is 12.2. The Morgan fingerprint density at radius 3 is 2.05 bits per heavy atom. The van der Waals surface area contributed by atoms with E-state index >= 15 is 0 Å². The largest absolute Gasteiger partial charge is 0.449 e. The lowest BCUT2D eigenvalue weighted by Crippen LogP contribution is -2.17. The van der Waals surface area contributed by atoms with Gasteiger partial charge in [0.05, 0.1) is 5.69 Å². The molecule has 3 heteroatoms. The lowest BCUT2D eigenvalue weighted by Gasteiger charge is -2.31. The third-order valence-corrected chi connectivity index (χ3v) is 9.29. The number of fused-ring (bicyclic) bond motifs is 8. The Kier molecular flexibility index (Phi) is 5.24. The molecule has 1 aliphatic carbocycles. The molecule has 0 amide bonds. The summed E-state index contributed by atoms with van der Waals surface area (Å²) in [6, 6.07) is 49.4. The molecule has 3 nitrogen and oxygen atoms in total. The molecule has 0 radical (unpaired) electrons. The monoisotopic (exact) mass is 567 g/mol. The number of hydrogen-bond acceptors (Lipinski definition) is 3. The van der Waals surface area contributed by atoms with Crippen LogP contribution in [0.1, 0.15) is 25.0 Å². The highest BCUT2D eigenvalue weighted by Crippen LogP contribution is 2.54. The number of benzene rings is 7. The van der Waals surface area contributed by atoms with E-state index in [1.807, 2.05) is 36.4 Å². The van der Waals surface area contributed by atoms with Gasteiger partial charge in [-0.15, -0.1) is 0 Å². The molecule has 0 bridgehead atoms. The number of nitrogens with zero attached hydrogens (tertiary/aromatic N) is 1. The molecule has 7 aromatic rings. The van der Waals surface area contributed by atoms with Crippen molar-refractivity contribution in [3.05, 3.63) is 151 Å². The minimum Gasteiger partial charge on any atom is -0.449 e. The van der Waals surface area contributed by atoms with Crippen molar-refractivity contribution in [2.24, 2.45) is 0 Å². The summed E-state index contributed by atoms with van der Waals surface area (Å²) in [6.45, 7) is 4.65. The van der Waals surface area contributed by atoms with Crippen LogP contribution in [0.15, 0.2) is 140 Å². The summed E-state index contributed by atoms with van der Waals surface area (Å²) in [4.78, 5) is 2.31. The van der Waals surface area contributed by atoms with Crippen LogP contribution in [0, 0.1) is 0 Å². The van der Waals surface area contributed by atoms with Crippen molar-refractivity contribution < 1.29 is 9.47 Å². The van der Waals surface area contributed by atoms with Crippen molar-refractivity contribution in [1.29, 1.82) is 0 Å². The van der Waals surface area contributed by atoms with Gasteiger partial charge in [-0.25, -0.2) is 0 Å². The SMILES string of the molecule is CC1(C)c2ccccc2-c2ccc(N(c3ccc4c(ccc5ccccc54)c3)c3cccc4c3Oc3ccccc3O4)cc21. The van der Waals surface area contributed by atoms with Crippen molar-refractivity contribution >= 4 is 38.6 Å². The standard InChI is InChI=1S/C41H29NO2/c1-41(2)34-13-6-5-12-32(34)33-23-21-29(25-35(33)41)42(28-20-22-31-27(24-28)19-18-26-10-3-4-11-30(26)31)36-14-9-17-39-40(36)44-38-16-8-7-15-37(38)43-39/h3-25H,1-2H3. The molecule has 210 valence electrons. The molecule has 0 N–H and O–H groups in total. The van der Waals surface area contributed by atoms with E-state index < -0.39 is 0 Å². The van der Waals surface area contributed by atoms with Crippen molar-refractivity contribution in [2.75, 3.05) is 4.90 Å². The van der Waals surface area contributed by atoms with Gasteiger partial charge in [-0.05, 0) is 92.3 Å². The van der Waals surface area contributed by atoms with Crippen LogP contribution in [0.3, 0.4) is 0 Å². The zero-order valence-electron chi connectivity index (χ0n) is 24.5. The van der Waals surface area contributed by atoms with E-state index in [1.54, 1.807) is 0 Å². The van der Waals surface area contributed by atoms with Crippen molar-refractivity contribution in [3.8, 4) is 34.1 Å². The summed E-state index contributed by atoms with van der Waals surface area (Å²) in [5.74, 6) is 2.83. The maximum atomic E-state index is 6.60. The topological polar surface area (TPSA) is 21.7 Å². The molecular weight excluding hydrogens is 538 g/mol. The molecule has 44 heavy (non-hydrogen) atoms. The second kappa shape index (κ2) is 9.23. The first-order chi connectivity index (χ1) is 21.6. The van der Waals surface area contributed by atoms with E-state index in [4.69, 9.17) is 9.47 Å². The van der Waals surface area contributed by atoms with E-state index in [2.05, 4.69) is 122 Å². The first-order valence-electron chi connectivity index (χ1n) is 15.1. The summed E-state index contributed by atoms with van der Waals surface area (Å²) in [5, 5.41) is 4.92. The molecule has 0 atom stereocenters. The normalized spacial score (nSPS) is 13.8. The molecule has 7 aromatic carbocycles. The first-order valence-corrected chi connectivity index (χ1v) is 15.1. The first kappa shape index (κ1) is 25.0. The zero-order chi connectivity index (χ0) is 29.4. The van der Waals surface area contributed by atoms with Crippen LogP contribution in [0.25, 0.3) is 32.7 Å². The molecular formula is C41H29NO2. The summed E-state index contributed by atoms with van der Waals surface area (Å²) in [7, 11) is 0. The zero-order valence-corrected chi connectivity index (χ0v) is 24.5. The van der Waals surface area contributed by atoms with Gasteiger partial charge in [0.1, 0.15) is 0 Å². The average Bonchev–Trinajstić information content (AvgIpc) is 3.30. The molecule has 2 aliphatic rings. The van der Waals surface area contributed by atoms with Gasteiger partial charge in [-0.1, -0.05) is 105 Å². The number of anilines is 3. The molecule has 0 unspecified atom stereocenters. The molecule has 0 saturated carbocycles. The van der Waals surface area contributed by atoms with Crippen molar-refractivity contribution in [3.63, 3.8) is 0 Å². The Bertz CT molecular complexity index is 2280. The second-order valence-electron chi connectivity index (χ2n) is 12.2. The number of para-hydroxylation sites is 3. The number of hydrogen-bond donors (Lipinski definition) is 0. The van der Waals surface area contributed by atoms with E-state index in [9.17, 15) is 0 Å². The molecule has 0 spiro atoms. The Hall–Kier alpha value is -5.54. The summed E-state index contributed by atoms with van der Waals surface area (Å²) < 4.78 is 13.0. The van der Waals surface area contributed by atoms with Crippen LogP contribution < -0.4 is 14.4 Å². The van der Waals surface area contributed by atoms with Crippen LogP contribution in [-0.4, -0.2) is 0 Å². The highest BCUT2D eigenvalue weighted by molar-refractivity contribution is 6.08. The van der Waals surface area contributed by atoms with Crippen LogP contribution >= 0.6 is 0 Å². The Morgan fingerprint density at radius 2 is 1.14 bits per heavy atom. The summed E-state index contributed by atoms with van der Waals surface area (Å²) in [6.07, 6.45) is 0. The number of ether oxygens (including phenoxy) is 2. The Labute approximate surface area is 256 Å². The van der Waals surface area contributed by atoms with Gasteiger partial charge >= 0.3 is 0 Å². The van der Waals surface area contributed by atoms with E-state index in [1.165, 1.54) is 43.8 Å². The number of rotatable bonds is 3. The van der Waals surface area contributed by atoms with Gasteiger partial charge in [-0.3, -0.25) is 0 Å². The van der Waals surface area contributed by atoms with Gasteiger partial charge in [0.15, 0.2) is 23.0 Å². The van der Waals surface area contributed by atoms with Gasteiger partial charge < -0.3 is 14.4 Å². The lowest BCUT2D eigenvalue weighted by atomic mass is 9.82. The van der Waals surface area contributed by atoms with Crippen molar-refractivity contribution in [2.45, 2.75) is 19.3 Å². The highest BCUT2D eigenvalue weighted by atomic mass is 16.6. The van der Waals surface area contributed by atoms with Crippen LogP contribution in [-0.2, 0) is 5.41 Å². The Balaban J connectivity index is 1.27. The average molecular weight is 568 g/mol. The maximum absolute atomic E-state index is 6.60. The van der Waals surface area contributed by atoms with E-state index in [0.717, 1.165) is 22.8 Å². The Morgan fingerprint density at radius 1 is 0.477 bits per heavy atom. The minimum absolute atomic E-state index is 0.120. The lowest BCUT2D eigenvalue weighted by molar-refractivity contribution is 0.360. The molecule has 0 saturated heterocycles. The molecule has 0 fully saturated rings. The van der Waals surface area contributed by atoms with Crippen LogP contribution in [0.4, 0.5) is 17.1 Å². The van der Waals surface area contributed by atoms with Gasteiger partial charge in [0.2, 0.25) is 0 Å². The summed E-state index contributed by atoms with van der Waals surface area (Å²) in [5.41, 5.74) is 8.21. The predicted molar refractivity (Wildman–Crippen MR) is 180 cm³/mol. The summed E-state index contributed by atoms with van der Waals surface area (Å²) >= 11 is 0. The van der Waals surface area contributed by atoms with Crippen LogP contribution in [0.5, 0.6) is 23.0 Å². The molecule has 0 aromatic heterocycles. The molecule has 9 rings (SSSR count). The highest BCUT2D eigenvalue weighted by Gasteiger charge is 2.36. The maximum Gasteiger partial charge on any atom is 0.194 e. The smallest absolute Gasteiger partial charge is 0.194 e. The van der Waals surface area contributed by atoms with Crippen molar-refractivity contribution in [1.82, 2.24) is 0 Å². The van der Waals surface area contributed by atoms with Gasteiger partial charge in [0.25, 0.3) is 0 Å². The van der Waals surface area contributed by atoms with E-state index in [0.29, 0.717) is 17.2 Å². The fourth-order valence-corrected chi connectivity index (χ4v) is 7.11. The minimum atomic E-state index is -0.120. The predicted octanol–water partition coefficient (Wildman–Crippen LogP) is 11.7. The quantitative estimate of drug-likeness (QED) is 0.198. The van der Waals surface area contributed by atoms with Gasteiger partial charge in [-0.2, -0.15) is 0 Å². The van der Waals surface area contributed by atoms with Gasteiger partial charge in [0, 0.05) is 16.8 Å². The van der Waals surface area contributed by atoms with E-state index in [-0.39, 0.29) is 5.41 Å².